The van der Waals surface area contributed by atoms with Crippen molar-refractivity contribution < 1.29 is 24.0 Å². The normalized spacial score (nSPS) is 13.1. The van der Waals surface area contributed by atoms with Crippen LogP contribution in [0.2, 0.25) is 0 Å². The summed E-state index contributed by atoms with van der Waals surface area (Å²) in [6.07, 6.45) is 44.9. The zero-order valence-electron chi connectivity index (χ0n) is 40.1. The van der Waals surface area contributed by atoms with Gasteiger partial charge in [0, 0.05) is 0 Å². The Kier molecular flexibility index (Phi) is 43.0. The maximum absolute atomic E-state index is 15.0. The second kappa shape index (κ2) is 44.5. The zero-order valence-corrected chi connectivity index (χ0v) is 40.1. The number of carbonyl (C=O) groups excluding carboxylic acids is 2. The van der Waals surface area contributed by atoms with Crippen LogP contribution in [0.5, 0.6) is 0 Å². The lowest BCUT2D eigenvalue weighted by molar-refractivity contribution is -0.872. The van der Waals surface area contributed by atoms with E-state index in [0.717, 1.165) is 90.1 Å². The average molecular weight is 862 g/mol. The number of carboxylic acids is 1. The Balaban J connectivity index is 5.59. The van der Waals surface area contributed by atoms with E-state index in [-0.39, 0.29) is 16.8 Å². The number of carboxylic acid groups (broad SMARTS) is 1. The largest absolute Gasteiger partial charge is 0.477 e. The Morgan fingerprint density at radius 1 is 0.525 bits per heavy atom. The molecule has 0 aromatic heterocycles. The summed E-state index contributed by atoms with van der Waals surface area (Å²) in [5.41, 5.74) is 17.3. The number of nitrogens with one attached hydrogen (secondary N) is 2. The predicted octanol–water partition coefficient (Wildman–Crippen LogP) is 10.8. The van der Waals surface area contributed by atoms with Gasteiger partial charge in [0.2, 0.25) is 11.9 Å². The molecule has 0 saturated heterocycles. The molecule has 0 aliphatic rings. The summed E-state index contributed by atoms with van der Waals surface area (Å²) < 4.78 is -0.230. The number of unbranched alkanes of at least 4 members (excludes halogenated alkanes) is 24. The topological polar surface area (TPSA) is 174 Å². The molecule has 0 aliphatic heterocycles. The third-order valence-electron chi connectivity index (χ3n) is 12.3. The van der Waals surface area contributed by atoms with E-state index < -0.39 is 24.0 Å². The van der Waals surface area contributed by atoms with Crippen molar-refractivity contribution in [2.75, 3.05) is 45.8 Å². The first-order valence-corrected chi connectivity index (χ1v) is 25.9. The Morgan fingerprint density at radius 3 is 1.30 bits per heavy atom. The highest BCUT2D eigenvalue weighted by Crippen LogP contribution is 2.26. The molecule has 0 spiro atoms. The summed E-state index contributed by atoms with van der Waals surface area (Å²) in [5.74, 6) is -1.92. The van der Waals surface area contributed by atoms with Crippen molar-refractivity contribution in [3.63, 3.8) is 0 Å². The van der Waals surface area contributed by atoms with Gasteiger partial charge in [-0.3, -0.25) is 4.79 Å². The van der Waals surface area contributed by atoms with Crippen molar-refractivity contribution in [1.82, 2.24) is 10.6 Å². The summed E-state index contributed by atoms with van der Waals surface area (Å²) in [4.78, 5) is 40.7. The van der Waals surface area contributed by atoms with Crippen molar-refractivity contribution in [1.29, 1.82) is 0 Å². The van der Waals surface area contributed by atoms with Gasteiger partial charge in [0.15, 0.2) is 0 Å². The molecule has 0 bridgehead atoms. The first-order chi connectivity index (χ1) is 29.8. The zero-order chi connectivity index (χ0) is 44.9. The molecule has 0 radical (unpaired) electrons. The van der Waals surface area contributed by atoms with Gasteiger partial charge in [0.25, 0.3) is 0 Å². The molecule has 0 saturated carbocycles. The van der Waals surface area contributed by atoms with Crippen LogP contribution in [0.25, 0.3) is 0 Å². The second-order valence-electron chi connectivity index (χ2n) is 17.9. The fourth-order valence-electron chi connectivity index (χ4n) is 8.53. The lowest BCUT2D eigenvalue weighted by atomic mass is 9.98. The van der Waals surface area contributed by atoms with E-state index in [1.165, 1.54) is 116 Å². The van der Waals surface area contributed by atoms with Gasteiger partial charge >= 0.3 is 11.9 Å². The van der Waals surface area contributed by atoms with Gasteiger partial charge < -0.3 is 32.9 Å². The van der Waals surface area contributed by atoms with Crippen LogP contribution in [-0.4, -0.2) is 85.3 Å². The molecule has 0 aromatic carbocycles. The summed E-state index contributed by atoms with van der Waals surface area (Å²) in [5, 5.41) is 17.6. The molecule has 0 heterocycles. The lowest BCUT2D eigenvalue weighted by Gasteiger charge is -2.42. The van der Waals surface area contributed by atoms with Crippen LogP contribution >= 0.6 is 0 Å². The minimum Gasteiger partial charge on any atom is -0.477 e. The van der Waals surface area contributed by atoms with Gasteiger partial charge in [-0.2, -0.15) is 0 Å². The molecule has 0 fully saturated rings. The number of hydrogen-bond acceptors (Lipinski definition) is 7. The number of primary amides is 1. The maximum Gasteiger partial charge on any atom is 0.363 e. The Hall–Kier alpha value is -2.11. The number of amides is 2. The summed E-state index contributed by atoms with van der Waals surface area (Å²) in [7, 11) is 0. The third kappa shape index (κ3) is 34.0. The number of allylic oxidation sites excluding steroid dienone is 4. The molecule has 0 rings (SSSR count). The van der Waals surface area contributed by atoms with Gasteiger partial charge in [-0.1, -0.05) is 141 Å². The molecular weight excluding hydrogens is 761 g/mol. The fraction of sp³-hybridized carbons (Fsp3) is 0.863. The minimum absolute atomic E-state index is 0.117. The molecule has 358 valence electrons. The van der Waals surface area contributed by atoms with Crippen LogP contribution < -0.4 is 27.8 Å². The van der Waals surface area contributed by atoms with E-state index in [9.17, 15) is 14.7 Å². The number of carbonyl (C=O) groups is 3. The highest BCUT2D eigenvalue weighted by molar-refractivity contribution is 5.85. The molecule has 2 amide bonds. The van der Waals surface area contributed by atoms with E-state index in [1.807, 2.05) is 0 Å². The van der Waals surface area contributed by atoms with Crippen LogP contribution in [0, 0.1) is 0 Å². The van der Waals surface area contributed by atoms with Crippen molar-refractivity contribution in [2.45, 2.75) is 238 Å². The standard InChI is InChI=1S/C51H100N6O4/c1-3-5-7-9-11-13-15-17-19-21-23-25-27-29-31-33-44-57(48(51(60)61)46-49(54)58,50(59)47(56-43-37-40-53)38-35-41-55-42-36-39-52)45-34-32-30-28-26-24-22-20-18-16-14-12-10-8-6-4-2/h17-20,47-48,55-56H,3-16,21-46,52-53H2,1-2H3,(H2-,54,58,60,61)/p+1/b19-17-,20-18-/t47-,48-/m0/s1. The molecule has 0 aliphatic carbocycles. The number of hydrogen-bond donors (Lipinski definition) is 6. The molecule has 9 N–H and O–H groups in total. The van der Waals surface area contributed by atoms with Gasteiger partial charge in [0.1, 0.15) is 6.04 Å². The second-order valence-corrected chi connectivity index (χ2v) is 17.9. The fourth-order valence-corrected chi connectivity index (χ4v) is 8.53. The van der Waals surface area contributed by atoms with E-state index in [2.05, 4.69) is 48.8 Å². The number of nitrogens with two attached hydrogens (primary N) is 3. The number of rotatable bonds is 48. The predicted molar refractivity (Wildman–Crippen MR) is 260 cm³/mol. The first kappa shape index (κ1) is 58.9. The number of quaternary nitrogens is 1. The van der Waals surface area contributed by atoms with Crippen molar-refractivity contribution in [3.8, 4) is 0 Å². The molecule has 2 atom stereocenters. The average Bonchev–Trinajstić information content (AvgIpc) is 3.24. The quantitative estimate of drug-likeness (QED) is 0.0199. The number of aliphatic carboxylic acids is 1. The van der Waals surface area contributed by atoms with Crippen LogP contribution in [0.3, 0.4) is 0 Å². The molecule has 0 aromatic rings. The van der Waals surface area contributed by atoms with E-state index >= 15 is 4.79 Å². The van der Waals surface area contributed by atoms with Crippen LogP contribution in [0.4, 0.5) is 0 Å². The van der Waals surface area contributed by atoms with E-state index in [1.54, 1.807) is 0 Å². The highest BCUT2D eigenvalue weighted by atomic mass is 16.4. The van der Waals surface area contributed by atoms with Crippen LogP contribution in [-0.2, 0) is 14.4 Å². The van der Waals surface area contributed by atoms with Crippen molar-refractivity contribution in [3.05, 3.63) is 24.3 Å². The van der Waals surface area contributed by atoms with E-state index in [4.69, 9.17) is 17.2 Å². The Morgan fingerprint density at radius 2 is 0.902 bits per heavy atom. The summed E-state index contributed by atoms with van der Waals surface area (Å²) >= 11 is 0. The molecule has 61 heavy (non-hydrogen) atoms. The number of nitrogens with zero attached hydrogens (tertiary/aromatic N) is 1. The van der Waals surface area contributed by atoms with Crippen molar-refractivity contribution in [2.24, 2.45) is 17.2 Å². The molecular formula is C51H101N6O4+. The van der Waals surface area contributed by atoms with Gasteiger partial charge in [-0.15, -0.1) is 0 Å². The molecule has 0 unspecified atom stereocenters. The molecule has 10 nitrogen and oxygen atoms in total. The smallest absolute Gasteiger partial charge is 0.363 e. The lowest BCUT2D eigenvalue weighted by Crippen LogP contribution is -2.68. The third-order valence-corrected chi connectivity index (χ3v) is 12.3. The summed E-state index contributed by atoms with van der Waals surface area (Å²) in [6.45, 7) is 8.59. The Labute approximate surface area is 376 Å². The van der Waals surface area contributed by atoms with Gasteiger partial charge in [0.05, 0.1) is 19.5 Å². The van der Waals surface area contributed by atoms with Crippen molar-refractivity contribution >= 4 is 17.8 Å². The van der Waals surface area contributed by atoms with Crippen LogP contribution in [0.15, 0.2) is 24.3 Å². The summed E-state index contributed by atoms with van der Waals surface area (Å²) in [6, 6.07) is -1.75. The van der Waals surface area contributed by atoms with Crippen LogP contribution in [0.1, 0.15) is 226 Å². The van der Waals surface area contributed by atoms with E-state index in [0.29, 0.717) is 45.6 Å². The molecule has 10 heteroatoms. The van der Waals surface area contributed by atoms with Gasteiger partial charge in [-0.25, -0.2) is 14.1 Å². The first-order valence-electron chi connectivity index (χ1n) is 25.9. The van der Waals surface area contributed by atoms with Gasteiger partial charge in [-0.05, 0) is 135 Å². The maximum atomic E-state index is 15.0. The Bertz CT molecular complexity index is 1030. The minimum atomic E-state index is -1.21. The monoisotopic (exact) mass is 862 g/mol. The SMILES string of the molecule is CCCCCCCC/C=C\CCCCCCCC[N+](CCCCCCCC/C=C\CCCCCCCC)(C(=O)[C@H](CCCNCCCN)NCCCN)[C@@H](CC(N)=O)C(=O)O. The highest BCUT2D eigenvalue weighted by Gasteiger charge is 2.50.